The number of nitrogens with one attached hydrogen (secondary N) is 1. The molecule has 0 aliphatic carbocycles. The highest BCUT2D eigenvalue weighted by atomic mass is 35.5. The Bertz CT molecular complexity index is 1600. The van der Waals surface area contributed by atoms with E-state index in [-0.39, 0.29) is 29.5 Å². The van der Waals surface area contributed by atoms with Crippen LogP contribution in [-0.2, 0) is 32.6 Å². The Balaban J connectivity index is 1.81. The van der Waals surface area contributed by atoms with E-state index >= 15 is 0 Å². The SMILES string of the molecule is CCNC(=O)[C@@H](Cc1ccccc1)N(Cc1ccccc1)C(=O)CN(c1cc(Cl)ccc1C)S(=O)(=O)c1ccccc1. The highest BCUT2D eigenvalue weighted by Gasteiger charge is 2.35. The third kappa shape index (κ3) is 7.57. The van der Waals surface area contributed by atoms with Gasteiger partial charge in [0.05, 0.1) is 10.6 Å². The number of amides is 2. The maximum atomic E-state index is 14.4. The standard InChI is InChI=1S/C33H34ClN3O4S/c1-3-35-33(39)31(21-26-13-7-4-8-14-26)36(23-27-15-9-5-10-16-27)32(38)24-37(30-22-28(34)20-19-25(30)2)42(40,41)29-17-11-6-12-18-29/h4-20,22,31H,3,21,23-24H2,1-2H3,(H,35,39)/t31-/m1/s1. The normalized spacial score (nSPS) is 11.9. The summed E-state index contributed by atoms with van der Waals surface area (Å²) in [5.41, 5.74) is 2.60. The lowest BCUT2D eigenvalue weighted by molar-refractivity contribution is -0.140. The minimum atomic E-state index is -4.18. The molecule has 0 fully saturated rings. The summed E-state index contributed by atoms with van der Waals surface area (Å²) in [7, 11) is -4.18. The number of benzene rings is 4. The lowest BCUT2D eigenvalue weighted by atomic mass is 10.0. The van der Waals surface area contributed by atoms with Gasteiger partial charge in [0.2, 0.25) is 11.8 Å². The molecule has 4 rings (SSSR count). The fraction of sp³-hybridized carbons (Fsp3) is 0.212. The van der Waals surface area contributed by atoms with Crippen molar-refractivity contribution in [2.45, 2.75) is 37.8 Å². The Morgan fingerprint density at radius 1 is 0.833 bits per heavy atom. The number of likely N-dealkylation sites (N-methyl/N-ethyl adjacent to an activating group) is 1. The van der Waals surface area contributed by atoms with Crippen LogP contribution in [0.25, 0.3) is 0 Å². The average Bonchev–Trinajstić information content (AvgIpc) is 3.00. The van der Waals surface area contributed by atoms with E-state index in [0.29, 0.717) is 17.1 Å². The molecule has 0 aliphatic rings. The van der Waals surface area contributed by atoms with E-state index in [0.717, 1.165) is 15.4 Å². The molecule has 4 aromatic carbocycles. The van der Waals surface area contributed by atoms with Gasteiger partial charge in [-0.2, -0.15) is 0 Å². The van der Waals surface area contributed by atoms with Crippen LogP contribution in [0.3, 0.4) is 0 Å². The summed E-state index contributed by atoms with van der Waals surface area (Å²) < 4.78 is 29.2. The molecule has 1 N–H and O–H groups in total. The molecule has 0 bridgehead atoms. The van der Waals surface area contributed by atoms with Gasteiger partial charge in [-0.15, -0.1) is 0 Å². The third-order valence-electron chi connectivity index (χ3n) is 6.87. The Labute approximate surface area is 252 Å². The fourth-order valence-electron chi connectivity index (χ4n) is 4.71. The van der Waals surface area contributed by atoms with Gasteiger partial charge in [0, 0.05) is 24.5 Å². The lowest BCUT2D eigenvalue weighted by Gasteiger charge is -2.34. The van der Waals surface area contributed by atoms with Crippen LogP contribution in [0.15, 0.2) is 114 Å². The summed E-state index contributed by atoms with van der Waals surface area (Å²) in [5, 5.41) is 3.20. The number of carbonyl (C=O) groups is 2. The third-order valence-corrected chi connectivity index (χ3v) is 8.88. The Morgan fingerprint density at radius 3 is 2.00 bits per heavy atom. The molecule has 218 valence electrons. The van der Waals surface area contributed by atoms with Gasteiger partial charge in [-0.1, -0.05) is 96.5 Å². The van der Waals surface area contributed by atoms with E-state index in [1.54, 1.807) is 37.3 Å². The zero-order chi connectivity index (χ0) is 30.1. The van der Waals surface area contributed by atoms with Gasteiger partial charge >= 0.3 is 0 Å². The van der Waals surface area contributed by atoms with E-state index in [1.807, 2.05) is 67.6 Å². The number of sulfonamides is 1. The van der Waals surface area contributed by atoms with Crippen LogP contribution < -0.4 is 9.62 Å². The molecule has 0 unspecified atom stereocenters. The number of rotatable bonds is 12. The Morgan fingerprint density at radius 2 is 1.40 bits per heavy atom. The van der Waals surface area contributed by atoms with Gasteiger partial charge in [-0.25, -0.2) is 8.42 Å². The van der Waals surface area contributed by atoms with Crippen LogP contribution >= 0.6 is 11.6 Å². The van der Waals surface area contributed by atoms with Crippen LogP contribution in [0.1, 0.15) is 23.6 Å². The predicted octanol–water partition coefficient (Wildman–Crippen LogP) is 5.62. The van der Waals surface area contributed by atoms with Crippen LogP contribution in [0.4, 0.5) is 5.69 Å². The second-order valence-electron chi connectivity index (χ2n) is 9.86. The first-order valence-electron chi connectivity index (χ1n) is 13.7. The van der Waals surface area contributed by atoms with Crippen molar-refractivity contribution in [3.63, 3.8) is 0 Å². The lowest BCUT2D eigenvalue weighted by Crippen LogP contribution is -2.53. The maximum Gasteiger partial charge on any atom is 0.264 e. The molecule has 0 aliphatic heterocycles. The first kappa shape index (κ1) is 30.8. The molecule has 0 saturated carbocycles. The number of nitrogens with zero attached hydrogens (tertiary/aromatic N) is 2. The molecular weight excluding hydrogens is 570 g/mol. The number of aryl methyl sites for hydroxylation is 1. The zero-order valence-electron chi connectivity index (χ0n) is 23.6. The number of halogens is 1. The van der Waals surface area contributed by atoms with Crippen molar-refractivity contribution >= 4 is 39.1 Å². The molecule has 9 heteroatoms. The van der Waals surface area contributed by atoms with Crippen molar-refractivity contribution in [3.8, 4) is 0 Å². The summed E-state index contributed by atoms with van der Waals surface area (Å²) >= 11 is 6.31. The monoisotopic (exact) mass is 603 g/mol. The summed E-state index contributed by atoms with van der Waals surface area (Å²) in [6.07, 6.45) is 0.257. The van der Waals surface area contributed by atoms with Crippen molar-refractivity contribution < 1.29 is 18.0 Å². The van der Waals surface area contributed by atoms with Crippen LogP contribution in [-0.4, -0.2) is 44.3 Å². The van der Waals surface area contributed by atoms with Crippen molar-refractivity contribution in [3.05, 3.63) is 131 Å². The molecule has 0 spiro atoms. The van der Waals surface area contributed by atoms with Gasteiger partial charge in [-0.05, 0) is 54.8 Å². The van der Waals surface area contributed by atoms with Crippen molar-refractivity contribution in [1.82, 2.24) is 10.2 Å². The zero-order valence-corrected chi connectivity index (χ0v) is 25.2. The van der Waals surface area contributed by atoms with Crippen LogP contribution in [0.2, 0.25) is 5.02 Å². The molecular formula is C33H34ClN3O4S. The molecule has 7 nitrogen and oxygen atoms in total. The number of hydrogen-bond donors (Lipinski definition) is 1. The van der Waals surface area contributed by atoms with Crippen molar-refractivity contribution in [2.24, 2.45) is 0 Å². The van der Waals surface area contributed by atoms with Crippen LogP contribution in [0.5, 0.6) is 0 Å². The van der Waals surface area contributed by atoms with Crippen LogP contribution in [0, 0.1) is 6.92 Å². The van der Waals surface area contributed by atoms with E-state index < -0.39 is 28.5 Å². The number of carbonyl (C=O) groups excluding carboxylic acids is 2. The first-order chi connectivity index (χ1) is 20.2. The molecule has 4 aromatic rings. The first-order valence-corrected chi connectivity index (χ1v) is 15.5. The number of hydrogen-bond acceptors (Lipinski definition) is 4. The molecule has 0 saturated heterocycles. The van der Waals surface area contributed by atoms with Crippen molar-refractivity contribution in [2.75, 3.05) is 17.4 Å². The summed E-state index contributed by atoms with van der Waals surface area (Å²) in [6.45, 7) is 3.54. The van der Waals surface area contributed by atoms with E-state index in [2.05, 4.69) is 5.32 Å². The predicted molar refractivity (Wildman–Crippen MR) is 167 cm³/mol. The van der Waals surface area contributed by atoms with Gasteiger partial charge in [0.25, 0.3) is 10.0 Å². The van der Waals surface area contributed by atoms with E-state index in [4.69, 9.17) is 11.6 Å². The second kappa shape index (κ2) is 14.2. The summed E-state index contributed by atoms with van der Waals surface area (Å²) in [5.74, 6) is -0.841. The summed E-state index contributed by atoms with van der Waals surface area (Å²) in [4.78, 5) is 29.4. The second-order valence-corrected chi connectivity index (χ2v) is 12.2. The minimum Gasteiger partial charge on any atom is -0.355 e. The van der Waals surface area contributed by atoms with Gasteiger partial charge in [0.1, 0.15) is 12.6 Å². The summed E-state index contributed by atoms with van der Waals surface area (Å²) in [6, 6.07) is 30.8. The largest absolute Gasteiger partial charge is 0.355 e. The quantitative estimate of drug-likeness (QED) is 0.228. The fourth-order valence-corrected chi connectivity index (χ4v) is 6.37. The Kier molecular flexibility index (Phi) is 10.4. The van der Waals surface area contributed by atoms with Crippen molar-refractivity contribution in [1.29, 1.82) is 0 Å². The van der Waals surface area contributed by atoms with Gasteiger partial charge < -0.3 is 10.2 Å². The smallest absolute Gasteiger partial charge is 0.264 e. The maximum absolute atomic E-state index is 14.4. The van der Waals surface area contributed by atoms with E-state index in [1.165, 1.54) is 23.1 Å². The molecule has 42 heavy (non-hydrogen) atoms. The molecule has 2 amide bonds. The molecule has 0 heterocycles. The average molecular weight is 604 g/mol. The highest BCUT2D eigenvalue weighted by Crippen LogP contribution is 2.30. The van der Waals surface area contributed by atoms with Gasteiger partial charge in [0.15, 0.2) is 0 Å². The minimum absolute atomic E-state index is 0.0383. The Hall–Kier alpha value is -4.14. The molecule has 1 atom stereocenters. The van der Waals surface area contributed by atoms with Gasteiger partial charge in [-0.3, -0.25) is 13.9 Å². The highest BCUT2D eigenvalue weighted by molar-refractivity contribution is 7.92. The topological polar surface area (TPSA) is 86.8 Å². The molecule has 0 radical (unpaired) electrons. The van der Waals surface area contributed by atoms with E-state index in [9.17, 15) is 18.0 Å². The number of anilines is 1. The molecule has 0 aromatic heterocycles.